The van der Waals surface area contributed by atoms with Gasteiger partial charge in [-0.1, -0.05) is 5.57 Å². The molecule has 7 heteroatoms. The number of allylic oxidation sites excluding steroid dienone is 2. The maximum atomic E-state index is 12.0. The standard InChI is InChI=1S/C14H16O7/c1-19-11(16)10-8-6-14(12(17)20-2,13(18)21-3)5-7(8)4-9(10)15/h4,8,10H,5-6H2,1-3H3/t8-,10-/m0/s1. The Morgan fingerprint density at radius 1 is 1.10 bits per heavy atom. The van der Waals surface area contributed by atoms with Crippen LogP contribution in [0.15, 0.2) is 11.6 Å². The van der Waals surface area contributed by atoms with E-state index in [1.54, 1.807) is 0 Å². The van der Waals surface area contributed by atoms with Crippen molar-refractivity contribution in [3.05, 3.63) is 11.6 Å². The molecular formula is C14H16O7. The summed E-state index contributed by atoms with van der Waals surface area (Å²) >= 11 is 0. The topological polar surface area (TPSA) is 96.0 Å². The van der Waals surface area contributed by atoms with E-state index in [4.69, 9.17) is 9.47 Å². The maximum absolute atomic E-state index is 12.0. The lowest BCUT2D eigenvalue weighted by molar-refractivity contribution is -0.169. The van der Waals surface area contributed by atoms with Gasteiger partial charge in [-0.15, -0.1) is 0 Å². The molecule has 0 heterocycles. The molecule has 0 aromatic rings. The summed E-state index contributed by atoms with van der Waals surface area (Å²) in [7, 11) is 3.55. The summed E-state index contributed by atoms with van der Waals surface area (Å²) in [6.45, 7) is 0. The van der Waals surface area contributed by atoms with E-state index in [0.717, 1.165) is 0 Å². The molecule has 2 aliphatic carbocycles. The Morgan fingerprint density at radius 3 is 2.14 bits per heavy atom. The van der Waals surface area contributed by atoms with E-state index in [-0.39, 0.29) is 18.6 Å². The average Bonchev–Trinajstić information content (AvgIpc) is 2.98. The van der Waals surface area contributed by atoms with Crippen LogP contribution in [0.25, 0.3) is 0 Å². The van der Waals surface area contributed by atoms with E-state index in [2.05, 4.69) is 4.74 Å². The molecule has 1 saturated carbocycles. The van der Waals surface area contributed by atoms with Gasteiger partial charge >= 0.3 is 17.9 Å². The normalized spacial score (nSPS) is 25.9. The summed E-state index contributed by atoms with van der Waals surface area (Å²) in [4.78, 5) is 47.7. The van der Waals surface area contributed by atoms with Crippen LogP contribution in [0.3, 0.4) is 0 Å². The van der Waals surface area contributed by atoms with Gasteiger partial charge < -0.3 is 14.2 Å². The molecule has 0 amide bonds. The molecule has 0 spiro atoms. The molecular weight excluding hydrogens is 280 g/mol. The van der Waals surface area contributed by atoms with E-state index in [1.807, 2.05) is 0 Å². The van der Waals surface area contributed by atoms with E-state index in [9.17, 15) is 19.2 Å². The SMILES string of the molecule is COC(=O)[C@@H]1C(=O)C=C2CC(C(=O)OC)(C(=O)OC)C[C@@H]21. The summed E-state index contributed by atoms with van der Waals surface area (Å²) in [5, 5.41) is 0. The molecule has 0 radical (unpaired) electrons. The minimum absolute atomic E-state index is 0.00366. The molecule has 0 aromatic heterocycles. The maximum Gasteiger partial charge on any atom is 0.323 e. The van der Waals surface area contributed by atoms with Crippen molar-refractivity contribution in [2.45, 2.75) is 12.8 Å². The number of hydrogen-bond acceptors (Lipinski definition) is 7. The Balaban J connectivity index is 2.39. The molecule has 2 aliphatic rings. The Hall–Kier alpha value is -2.18. The van der Waals surface area contributed by atoms with Crippen LogP contribution in [-0.4, -0.2) is 45.0 Å². The van der Waals surface area contributed by atoms with Gasteiger partial charge in [0, 0.05) is 5.92 Å². The molecule has 21 heavy (non-hydrogen) atoms. The molecule has 0 saturated heterocycles. The Morgan fingerprint density at radius 2 is 1.67 bits per heavy atom. The van der Waals surface area contributed by atoms with Crippen molar-refractivity contribution in [2.75, 3.05) is 21.3 Å². The third kappa shape index (κ3) is 2.12. The molecule has 2 atom stereocenters. The number of methoxy groups -OCH3 is 3. The minimum atomic E-state index is -1.49. The molecule has 0 aliphatic heterocycles. The first kappa shape index (κ1) is 15.2. The number of ketones is 1. The van der Waals surface area contributed by atoms with Gasteiger partial charge in [-0.3, -0.25) is 19.2 Å². The van der Waals surface area contributed by atoms with Crippen LogP contribution in [0, 0.1) is 17.3 Å². The van der Waals surface area contributed by atoms with Crippen LogP contribution in [0.5, 0.6) is 0 Å². The van der Waals surface area contributed by atoms with E-state index >= 15 is 0 Å². The predicted octanol–water partition coefficient (Wildman–Crippen LogP) is 0.0271. The summed E-state index contributed by atoms with van der Waals surface area (Å²) in [6, 6.07) is 0. The summed E-state index contributed by atoms with van der Waals surface area (Å²) in [5.74, 6) is -3.99. The van der Waals surface area contributed by atoms with Gasteiger partial charge in [0.15, 0.2) is 11.2 Å². The Kier molecular flexibility index (Phi) is 3.85. The van der Waals surface area contributed by atoms with Gasteiger partial charge in [-0.2, -0.15) is 0 Å². The number of carbonyl (C=O) groups excluding carboxylic acids is 4. The highest BCUT2D eigenvalue weighted by atomic mass is 16.5. The smallest absolute Gasteiger partial charge is 0.323 e. The fraction of sp³-hybridized carbons (Fsp3) is 0.571. The second-order valence-corrected chi connectivity index (χ2v) is 5.18. The zero-order valence-corrected chi connectivity index (χ0v) is 12.0. The van der Waals surface area contributed by atoms with Gasteiger partial charge in [-0.25, -0.2) is 0 Å². The zero-order valence-electron chi connectivity index (χ0n) is 12.0. The van der Waals surface area contributed by atoms with Crippen molar-refractivity contribution < 1.29 is 33.4 Å². The highest BCUT2D eigenvalue weighted by molar-refractivity contribution is 6.10. The number of hydrogen-bond donors (Lipinski definition) is 0. The fourth-order valence-corrected chi connectivity index (χ4v) is 3.21. The largest absolute Gasteiger partial charge is 0.468 e. The van der Waals surface area contributed by atoms with Crippen LogP contribution < -0.4 is 0 Å². The third-order valence-electron chi connectivity index (χ3n) is 4.19. The van der Waals surface area contributed by atoms with Crippen molar-refractivity contribution in [2.24, 2.45) is 17.3 Å². The molecule has 1 fully saturated rings. The lowest BCUT2D eigenvalue weighted by Gasteiger charge is -2.24. The van der Waals surface area contributed by atoms with Gasteiger partial charge in [-0.05, 0) is 18.9 Å². The van der Waals surface area contributed by atoms with Gasteiger partial charge in [0.25, 0.3) is 0 Å². The van der Waals surface area contributed by atoms with Crippen molar-refractivity contribution in [1.29, 1.82) is 0 Å². The zero-order chi connectivity index (χ0) is 15.8. The average molecular weight is 296 g/mol. The third-order valence-corrected chi connectivity index (χ3v) is 4.19. The Bertz CT molecular complexity index is 530. The van der Waals surface area contributed by atoms with E-state index in [1.165, 1.54) is 27.4 Å². The lowest BCUT2D eigenvalue weighted by Crippen LogP contribution is -2.40. The molecule has 7 nitrogen and oxygen atoms in total. The molecule has 0 aromatic carbocycles. The molecule has 0 bridgehead atoms. The quantitative estimate of drug-likeness (QED) is 0.412. The number of carbonyl (C=O) groups is 4. The van der Waals surface area contributed by atoms with Gasteiger partial charge in [0.05, 0.1) is 21.3 Å². The summed E-state index contributed by atoms with van der Waals surface area (Å²) < 4.78 is 14.0. The molecule has 0 N–H and O–H groups in total. The van der Waals surface area contributed by atoms with Crippen molar-refractivity contribution >= 4 is 23.7 Å². The van der Waals surface area contributed by atoms with Crippen LogP contribution >= 0.6 is 0 Å². The van der Waals surface area contributed by atoms with Gasteiger partial charge in [0.1, 0.15) is 5.92 Å². The summed E-state index contributed by atoms with van der Waals surface area (Å²) in [5.41, 5.74) is -0.904. The van der Waals surface area contributed by atoms with Crippen LogP contribution in [0.1, 0.15) is 12.8 Å². The number of ether oxygens (including phenoxy) is 3. The van der Waals surface area contributed by atoms with Crippen LogP contribution in [0.2, 0.25) is 0 Å². The number of esters is 3. The van der Waals surface area contributed by atoms with Gasteiger partial charge in [0.2, 0.25) is 0 Å². The fourth-order valence-electron chi connectivity index (χ4n) is 3.21. The van der Waals surface area contributed by atoms with Crippen molar-refractivity contribution in [3.63, 3.8) is 0 Å². The van der Waals surface area contributed by atoms with E-state index < -0.39 is 35.2 Å². The molecule has 0 unspecified atom stereocenters. The molecule has 114 valence electrons. The highest BCUT2D eigenvalue weighted by Gasteiger charge is 2.60. The minimum Gasteiger partial charge on any atom is -0.468 e. The first-order valence-electron chi connectivity index (χ1n) is 6.40. The number of rotatable bonds is 3. The Labute approximate surface area is 121 Å². The van der Waals surface area contributed by atoms with Crippen molar-refractivity contribution in [3.8, 4) is 0 Å². The lowest BCUT2D eigenvalue weighted by atomic mass is 9.82. The van der Waals surface area contributed by atoms with Crippen molar-refractivity contribution in [1.82, 2.24) is 0 Å². The molecule has 2 rings (SSSR count). The van der Waals surface area contributed by atoms with E-state index in [0.29, 0.717) is 5.57 Å². The predicted molar refractivity (Wildman–Crippen MR) is 67.8 cm³/mol. The monoisotopic (exact) mass is 296 g/mol. The first-order chi connectivity index (χ1) is 9.91. The first-order valence-corrected chi connectivity index (χ1v) is 6.40. The van der Waals surface area contributed by atoms with Crippen LogP contribution in [-0.2, 0) is 33.4 Å². The second kappa shape index (κ2) is 5.31. The second-order valence-electron chi connectivity index (χ2n) is 5.18. The van der Waals surface area contributed by atoms with Crippen LogP contribution in [0.4, 0.5) is 0 Å². The summed E-state index contributed by atoms with van der Waals surface area (Å²) in [6.07, 6.45) is 1.35. The number of fused-ring (bicyclic) bond motifs is 1. The highest BCUT2D eigenvalue weighted by Crippen LogP contribution is 2.52.